The minimum atomic E-state index is 0. The molecule has 1 fully saturated rings. The fraction of sp³-hybridized carbons (Fsp3) is 0.833. The minimum Gasteiger partial charge on any atom is -0.356 e. The molecule has 0 aromatic carbocycles. The van der Waals surface area contributed by atoms with Gasteiger partial charge in [0.05, 0.1) is 0 Å². The summed E-state index contributed by atoms with van der Waals surface area (Å²) < 4.78 is 2.00. The van der Waals surface area contributed by atoms with Crippen LogP contribution in [0.1, 0.15) is 57.6 Å². The van der Waals surface area contributed by atoms with Crippen molar-refractivity contribution in [3.63, 3.8) is 0 Å². The summed E-state index contributed by atoms with van der Waals surface area (Å²) in [6, 6.07) is 0.515. The molecule has 0 unspecified atom stereocenters. The van der Waals surface area contributed by atoms with Crippen molar-refractivity contribution in [1.29, 1.82) is 0 Å². The van der Waals surface area contributed by atoms with Crippen molar-refractivity contribution in [1.82, 2.24) is 25.4 Å². The smallest absolute Gasteiger partial charge is 0.191 e. The lowest BCUT2D eigenvalue weighted by molar-refractivity contribution is 0.216. The van der Waals surface area contributed by atoms with Gasteiger partial charge in [-0.05, 0) is 56.5 Å². The second-order valence-electron chi connectivity index (χ2n) is 7.74. The molecule has 0 amide bonds. The van der Waals surface area contributed by atoms with E-state index in [2.05, 4.69) is 40.9 Å². The Balaban J connectivity index is 0.00000338. The Morgan fingerprint density at radius 3 is 2.58 bits per heavy atom. The fourth-order valence-electron chi connectivity index (χ4n) is 3.05. The maximum Gasteiger partial charge on any atom is 0.191 e. The Kier molecular flexibility index (Phi) is 10.3. The monoisotopic (exact) mass is 494 g/mol. The summed E-state index contributed by atoms with van der Waals surface area (Å²) in [6.45, 7) is 8.20. The number of thioether (sulfide) groups is 1. The number of nitrogens with zero attached hydrogens (tertiary/aromatic N) is 4. The van der Waals surface area contributed by atoms with E-state index >= 15 is 0 Å². The maximum atomic E-state index is 4.76. The molecule has 6 nitrogen and oxygen atoms in total. The molecular weight excluding hydrogens is 459 g/mol. The van der Waals surface area contributed by atoms with Gasteiger partial charge in [-0.2, -0.15) is 11.8 Å². The lowest BCUT2D eigenvalue weighted by Gasteiger charge is -2.35. The SMILES string of the molecule is CSCCCNC(=NCc1nnc(C)n1C)NC1CCC(C)(C)CC1.I. The first-order valence-corrected chi connectivity index (χ1v) is 10.7. The summed E-state index contributed by atoms with van der Waals surface area (Å²) >= 11 is 1.88. The Labute approximate surface area is 179 Å². The van der Waals surface area contributed by atoms with Gasteiger partial charge in [0.1, 0.15) is 12.4 Å². The Bertz CT molecular complexity index is 562. The van der Waals surface area contributed by atoms with Crippen LogP contribution < -0.4 is 10.6 Å². The topological polar surface area (TPSA) is 67.1 Å². The minimum absolute atomic E-state index is 0. The average molecular weight is 494 g/mol. The molecule has 0 radical (unpaired) electrons. The Morgan fingerprint density at radius 2 is 2.00 bits per heavy atom. The highest BCUT2D eigenvalue weighted by atomic mass is 127. The highest BCUT2D eigenvalue weighted by Gasteiger charge is 2.27. The molecule has 0 atom stereocenters. The van der Waals surface area contributed by atoms with Crippen LogP contribution in [0.2, 0.25) is 0 Å². The van der Waals surface area contributed by atoms with E-state index in [1.54, 1.807) is 0 Å². The van der Waals surface area contributed by atoms with Gasteiger partial charge in [0.2, 0.25) is 0 Å². The van der Waals surface area contributed by atoms with Crippen molar-refractivity contribution in [2.45, 2.75) is 65.5 Å². The molecule has 1 aliphatic carbocycles. The molecule has 26 heavy (non-hydrogen) atoms. The highest BCUT2D eigenvalue weighted by molar-refractivity contribution is 14.0. The number of aryl methyl sites for hydroxylation is 1. The lowest BCUT2D eigenvalue weighted by Crippen LogP contribution is -2.46. The predicted molar refractivity (Wildman–Crippen MR) is 122 cm³/mol. The highest BCUT2D eigenvalue weighted by Crippen LogP contribution is 2.34. The summed E-state index contributed by atoms with van der Waals surface area (Å²) in [5.74, 6) is 3.89. The first-order chi connectivity index (χ1) is 11.9. The van der Waals surface area contributed by atoms with Gasteiger partial charge in [-0.15, -0.1) is 34.2 Å². The van der Waals surface area contributed by atoms with Crippen molar-refractivity contribution in [2.24, 2.45) is 17.5 Å². The van der Waals surface area contributed by atoms with E-state index in [-0.39, 0.29) is 24.0 Å². The molecule has 2 rings (SSSR count). The van der Waals surface area contributed by atoms with Gasteiger partial charge in [0.15, 0.2) is 11.8 Å². The summed E-state index contributed by atoms with van der Waals surface area (Å²) in [5, 5.41) is 15.5. The molecule has 0 saturated heterocycles. The van der Waals surface area contributed by atoms with Gasteiger partial charge in [0.25, 0.3) is 0 Å². The van der Waals surface area contributed by atoms with Crippen LogP contribution in [0, 0.1) is 12.3 Å². The van der Waals surface area contributed by atoms with Crippen LogP contribution in [0.3, 0.4) is 0 Å². The number of halogens is 1. The van der Waals surface area contributed by atoms with E-state index in [0.29, 0.717) is 18.0 Å². The second-order valence-corrected chi connectivity index (χ2v) is 8.73. The average Bonchev–Trinajstić information content (AvgIpc) is 2.90. The molecule has 8 heteroatoms. The van der Waals surface area contributed by atoms with Crippen LogP contribution in [-0.4, -0.2) is 45.3 Å². The van der Waals surface area contributed by atoms with Gasteiger partial charge < -0.3 is 15.2 Å². The van der Waals surface area contributed by atoms with Gasteiger partial charge in [0, 0.05) is 19.6 Å². The maximum absolute atomic E-state index is 4.76. The predicted octanol–water partition coefficient (Wildman–Crippen LogP) is 3.50. The van der Waals surface area contributed by atoms with Crippen LogP contribution in [-0.2, 0) is 13.6 Å². The molecule has 1 aromatic rings. The van der Waals surface area contributed by atoms with E-state index in [0.717, 1.165) is 30.6 Å². The zero-order valence-electron chi connectivity index (χ0n) is 16.8. The van der Waals surface area contributed by atoms with Crippen molar-refractivity contribution in [3.8, 4) is 0 Å². The number of aromatic nitrogens is 3. The standard InChI is InChI=1S/C18H34N6S.HI/c1-14-22-23-16(24(14)4)13-20-17(19-11-6-12-25-5)21-15-7-9-18(2,3)10-8-15;/h15H,6-13H2,1-5H3,(H2,19,20,21);1H. The largest absolute Gasteiger partial charge is 0.356 e. The van der Waals surface area contributed by atoms with Gasteiger partial charge in [-0.25, -0.2) is 4.99 Å². The molecule has 1 heterocycles. The number of nitrogens with one attached hydrogen (secondary N) is 2. The quantitative estimate of drug-likeness (QED) is 0.263. The number of rotatable bonds is 7. The van der Waals surface area contributed by atoms with E-state index in [4.69, 9.17) is 4.99 Å². The normalized spacial score (nSPS) is 17.7. The zero-order chi connectivity index (χ0) is 18.3. The third-order valence-corrected chi connectivity index (χ3v) is 5.76. The van der Waals surface area contributed by atoms with Crippen molar-refractivity contribution in [2.75, 3.05) is 18.6 Å². The first-order valence-electron chi connectivity index (χ1n) is 9.30. The van der Waals surface area contributed by atoms with Crippen molar-refractivity contribution >= 4 is 41.7 Å². The van der Waals surface area contributed by atoms with Gasteiger partial charge in [-0.1, -0.05) is 13.8 Å². The number of hydrogen-bond donors (Lipinski definition) is 2. The molecule has 1 aliphatic rings. The van der Waals surface area contributed by atoms with Crippen LogP contribution >= 0.6 is 35.7 Å². The van der Waals surface area contributed by atoms with E-state index in [1.807, 2.05) is 30.3 Å². The fourth-order valence-corrected chi connectivity index (χ4v) is 3.48. The van der Waals surface area contributed by atoms with E-state index < -0.39 is 0 Å². The second kappa shape index (κ2) is 11.4. The van der Waals surface area contributed by atoms with Crippen LogP contribution in [0.4, 0.5) is 0 Å². The molecule has 0 spiro atoms. The molecule has 0 aliphatic heterocycles. The van der Waals surface area contributed by atoms with E-state index in [1.165, 1.54) is 31.4 Å². The van der Waals surface area contributed by atoms with Gasteiger partial charge in [-0.3, -0.25) is 0 Å². The third-order valence-electron chi connectivity index (χ3n) is 5.06. The molecule has 150 valence electrons. The number of aliphatic imine (C=N–C) groups is 1. The number of guanidine groups is 1. The van der Waals surface area contributed by atoms with Crippen LogP contribution in [0.5, 0.6) is 0 Å². The van der Waals surface area contributed by atoms with Crippen molar-refractivity contribution in [3.05, 3.63) is 11.6 Å². The van der Waals surface area contributed by atoms with Crippen LogP contribution in [0.25, 0.3) is 0 Å². The van der Waals surface area contributed by atoms with E-state index in [9.17, 15) is 0 Å². The molecule has 0 bridgehead atoms. The van der Waals surface area contributed by atoms with Gasteiger partial charge >= 0.3 is 0 Å². The van der Waals surface area contributed by atoms with Crippen LogP contribution in [0.15, 0.2) is 4.99 Å². The summed E-state index contributed by atoms with van der Waals surface area (Å²) in [4.78, 5) is 4.76. The first kappa shape index (κ1) is 23.5. The Morgan fingerprint density at radius 1 is 1.31 bits per heavy atom. The zero-order valence-corrected chi connectivity index (χ0v) is 20.0. The molecule has 1 saturated carbocycles. The number of hydrogen-bond acceptors (Lipinski definition) is 4. The lowest BCUT2D eigenvalue weighted by atomic mass is 9.75. The molecular formula is C18H35IN6S. The molecule has 2 N–H and O–H groups in total. The summed E-state index contributed by atoms with van der Waals surface area (Å²) in [6.07, 6.45) is 8.25. The third kappa shape index (κ3) is 7.62. The summed E-state index contributed by atoms with van der Waals surface area (Å²) in [7, 11) is 1.99. The van der Waals surface area contributed by atoms with Crippen molar-refractivity contribution < 1.29 is 0 Å². The Hall–Kier alpha value is -0.510. The summed E-state index contributed by atoms with van der Waals surface area (Å²) in [5.41, 5.74) is 0.484. The molecule has 1 aromatic heterocycles.